The highest BCUT2D eigenvalue weighted by atomic mass is 32.2. The molecule has 0 heterocycles. The van der Waals surface area contributed by atoms with Crippen molar-refractivity contribution in [2.75, 3.05) is 7.11 Å². The largest absolute Gasteiger partial charge is 0.494 e. The second kappa shape index (κ2) is 4.74. The molecule has 1 rings (SSSR count). The fraction of sp³-hybridized carbons (Fsp3) is 0.364. The van der Waals surface area contributed by atoms with Crippen LogP contribution < -0.4 is 4.74 Å². The molecule has 1 N–H and O–H groups in total. The van der Waals surface area contributed by atoms with Crippen molar-refractivity contribution in [3.8, 4) is 5.75 Å². The smallest absolute Gasteiger partial charge is 0.319 e. The van der Waals surface area contributed by atoms with Crippen molar-refractivity contribution in [2.45, 2.75) is 23.5 Å². The zero-order valence-corrected chi connectivity index (χ0v) is 10.1. The van der Waals surface area contributed by atoms with Crippen LogP contribution in [0.25, 0.3) is 0 Å². The Morgan fingerprint density at radius 1 is 1.50 bits per heavy atom. The summed E-state index contributed by atoms with van der Waals surface area (Å²) in [6, 6.07) is 4.39. The molecule has 0 aliphatic heterocycles. The lowest BCUT2D eigenvalue weighted by molar-refractivity contribution is -0.138. The fourth-order valence-corrected chi connectivity index (χ4v) is 2.02. The molecule has 0 amide bonds. The molecule has 0 aliphatic carbocycles. The first-order valence-electron chi connectivity index (χ1n) is 4.63. The molecule has 5 heteroatoms. The molecule has 0 aliphatic rings. The van der Waals surface area contributed by atoms with Crippen LogP contribution in [0.1, 0.15) is 13.8 Å². The molecule has 0 bridgehead atoms. The first-order chi connectivity index (χ1) is 7.36. The summed E-state index contributed by atoms with van der Waals surface area (Å²) in [5.41, 5.74) is 0. The molecule has 1 aromatic carbocycles. The van der Waals surface area contributed by atoms with Gasteiger partial charge in [-0.1, -0.05) is 0 Å². The summed E-state index contributed by atoms with van der Waals surface area (Å²) in [5, 5.41) is 8.93. The monoisotopic (exact) mass is 244 g/mol. The molecule has 0 radical (unpaired) electrons. The average Bonchev–Trinajstić information content (AvgIpc) is 2.17. The number of ether oxygens (including phenoxy) is 1. The van der Waals surface area contributed by atoms with E-state index < -0.39 is 16.5 Å². The summed E-state index contributed by atoms with van der Waals surface area (Å²) in [7, 11) is 1.38. The Bertz CT molecular complexity index is 404. The summed E-state index contributed by atoms with van der Waals surface area (Å²) in [6.07, 6.45) is 0. The number of halogens is 1. The zero-order valence-electron chi connectivity index (χ0n) is 9.28. The first kappa shape index (κ1) is 12.8. The summed E-state index contributed by atoms with van der Waals surface area (Å²) >= 11 is 1.09. The van der Waals surface area contributed by atoms with Crippen molar-refractivity contribution in [1.29, 1.82) is 0 Å². The molecule has 0 aromatic heterocycles. The molecular weight excluding hydrogens is 231 g/mol. The van der Waals surface area contributed by atoms with E-state index in [1.54, 1.807) is 19.9 Å². The molecule has 0 saturated heterocycles. The van der Waals surface area contributed by atoms with Crippen LogP contribution in [0.3, 0.4) is 0 Å². The van der Waals surface area contributed by atoms with Crippen LogP contribution in [0, 0.1) is 5.82 Å². The summed E-state index contributed by atoms with van der Waals surface area (Å²) in [6.45, 7) is 3.14. The van der Waals surface area contributed by atoms with Gasteiger partial charge in [-0.05, 0) is 32.0 Å². The Balaban J connectivity index is 2.91. The zero-order chi connectivity index (χ0) is 12.3. The number of hydrogen-bond donors (Lipinski definition) is 1. The van der Waals surface area contributed by atoms with Gasteiger partial charge in [0.25, 0.3) is 0 Å². The van der Waals surface area contributed by atoms with E-state index in [1.807, 2.05) is 0 Å². The maximum Gasteiger partial charge on any atom is 0.319 e. The van der Waals surface area contributed by atoms with Crippen LogP contribution in [0.15, 0.2) is 23.1 Å². The number of thioether (sulfide) groups is 1. The number of hydrogen-bond acceptors (Lipinski definition) is 3. The number of carbonyl (C=O) groups is 1. The van der Waals surface area contributed by atoms with Crippen molar-refractivity contribution >= 4 is 17.7 Å². The normalized spacial score (nSPS) is 11.2. The van der Waals surface area contributed by atoms with Crippen molar-refractivity contribution < 1.29 is 19.0 Å². The molecule has 88 valence electrons. The van der Waals surface area contributed by atoms with E-state index in [4.69, 9.17) is 9.84 Å². The Morgan fingerprint density at radius 2 is 2.12 bits per heavy atom. The summed E-state index contributed by atoms with van der Waals surface area (Å²) in [5.74, 6) is -1.28. The summed E-state index contributed by atoms with van der Waals surface area (Å²) < 4.78 is 17.1. The van der Waals surface area contributed by atoms with E-state index in [0.717, 1.165) is 11.8 Å². The van der Waals surface area contributed by atoms with Gasteiger partial charge in [-0.3, -0.25) is 4.79 Å². The van der Waals surface area contributed by atoms with Gasteiger partial charge in [-0.15, -0.1) is 11.8 Å². The number of benzene rings is 1. The Hall–Kier alpha value is -1.23. The van der Waals surface area contributed by atoms with Gasteiger partial charge in [0.15, 0.2) is 11.6 Å². The van der Waals surface area contributed by atoms with Gasteiger partial charge in [0.2, 0.25) is 0 Å². The number of methoxy groups -OCH3 is 1. The Labute approximate surface area is 97.6 Å². The van der Waals surface area contributed by atoms with E-state index in [9.17, 15) is 9.18 Å². The van der Waals surface area contributed by atoms with Crippen LogP contribution in [-0.4, -0.2) is 22.9 Å². The van der Waals surface area contributed by atoms with Crippen LogP contribution >= 0.6 is 11.8 Å². The van der Waals surface area contributed by atoms with E-state index in [0.29, 0.717) is 4.90 Å². The first-order valence-corrected chi connectivity index (χ1v) is 5.44. The SMILES string of the molecule is COc1ccc(SC(C)(C)C(=O)O)cc1F. The molecule has 0 unspecified atom stereocenters. The van der Waals surface area contributed by atoms with Gasteiger partial charge in [0, 0.05) is 4.90 Å². The highest BCUT2D eigenvalue weighted by Gasteiger charge is 2.28. The minimum atomic E-state index is -0.985. The van der Waals surface area contributed by atoms with Crippen molar-refractivity contribution in [3.05, 3.63) is 24.0 Å². The van der Waals surface area contributed by atoms with Gasteiger partial charge in [-0.2, -0.15) is 0 Å². The quantitative estimate of drug-likeness (QED) is 0.827. The molecule has 16 heavy (non-hydrogen) atoms. The Morgan fingerprint density at radius 3 is 2.56 bits per heavy atom. The molecule has 3 nitrogen and oxygen atoms in total. The highest BCUT2D eigenvalue weighted by molar-refractivity contribution is 8.01. The molecule has 1 aromatic rings. The minimum Gasteiger partial charge on any atom is -0.494 e. The summed E-state index contributed by atoms with van der Waals surface area (Å²) in [4.78, 5) is 11.5. The third kappa shape index (κ3) is 2.88. The van der Waals surface area contributed by atoms with Crippen molar-refractivity contribution in [1.82, 2.24) is 0 Å². The molecule has 0 spiro atoms. The fourth-order valence-electron chi connectivity index (χ4n) is 1.05. The van der Waals surface area contributed by atoms with E-state index >= 15 is 0 Å². The number of carboxylic acid groups (broad SMARTS) is 1. The molecular formula is C11H13FO3S. The third-order valence-electron chi connectivity index (χ3n) is 2.01. The van der Waals surface area contributed by atoms with Crippen molar-refractivity contribution in [3.63, 3.8) is 0 Å². The Kier molecular flexibility index (Phi) is 3.80. The second-order valence-corrected chi connectivity index (χ2v) is 5.41. The third-order valence-corrected chi connectivity index (χ3v) is 3.19. The van der Waals surface area contributed by atoms with Gasteiger partial charge in [-0.25, -0.2) is 4.39 Å². The highest BCUT2D eigenvalue weighted by Crippen LogP contribution is 2.34. The predicted molar refractivity (Wildman–Crippen MR) is 60.5 cm³/mol. The standard InChI is InChI=1S/C11H13FO3S/c1-11(2,10(13)14)16-7-4-5-9(15-3)8(12)6-7/h4-6H,1-3H3,(H,13,14). The maximum atomic E-state index is 13.3. The van der Waals surface area contributed by atoms with Gasteiger partial charge < -0.3 is 9.84 Å². The lowest BCUT2D eigenvalue weighted by Gasteiger charge is -2.18. The van der Waals surface area contributed by atoms with Gasteiger partial charge in [0.05, 0.1) is 7.11 Å². The topological polar surface area (TPSA) is 46.5 Å². The van der Waals surface area contributed by atoms with Crippen LogP contribution in [0.4, 0.5) is 4.39 Å². The van der Waals surface area contributed by atoms with Crippen LogP contribution in [0.2, 0.25) is 0 Å². The van der Waals surface area contributed by atoms with Crippen LogP contribution in [0.5, 0.6) is 5.75 Å². The van der Waals surface area contributed by atoms with Gasteiger partial charge in [0.1, 0.15) is 4.75 Å². The average molecular weight is 244 g/mol. The van der Waals surface area contributed by atoms with E-state index in [2.05, 4.69) is 0 Å². The molecule has 0 fully saturated rings. The number of aliphatic carboxylic acids is 1. The van der Waals surface area contributed by atoms with Crippen molar-refractivity contribution in [2.24, 2.45) is 0 Å². The lowest BCUT2D eigenvalue weighted by Crippen LogP contribution is -2.26. The number of carboxylic acids is 1. The van der Waals surface area contributed by atoms with Gasteiger partial charge >= 0.3 is 5.97 Å². The van der Waals surface area contributed by atoms with E-state index in [1.165, 1.54) is 19.2 Å². The minimum absolute atomic E-state index is 0.150. The predicted octanol–water partition coefficient (Wildman–Crippen LogP) is 2.79. The molecule has 0 saturated carbocycles. The van der Waals surface area contributed by atoms with E-state index in [-0.39, 0.29) is 5.75 Å². The maximum absolute atomic E-state index is 13.3. The second-order valence-electron chi connectivity index (χ2n) is 3.71. The molecule has 0 atom stereocenters. The lowest BCUT2D eigenvalue weighted by atomic mass is 10.2. The number of rotatable bonds is 4. The van der Waals surface area contributed by atoms with Crippen LogP contribution in [-0.2, 0) is 4.79 Å².